The van der Waals surface area contributed by atoms with Gasteiger partial charge in [0.05, 0.1) is 16.7 Å². The molecule has 0 saturated heterocycles. The Morgan fingerprint density at radius 1 is 0.469 bits per heavy atom. The largest absolute Gasteiger partial charge is 0.354 e. The summed E-state index contributed by atoms with van der Waals surface area (Å²) in [5, 5.41) is 5.06. The van der Waals surface area contributed by atoms with E-state index in [1.807, 2.05) is 0 Å². The van der Waals surface area contributed by atoms with E-state index in [0.29, 0.717) is 0 Å². The van der Waals surface area contributed by atoms with E-state index in [4.69, 9.17) is 0 Å². The molecule has 150 valence electrons. The van der Waals surface area contributed by atoms with Gasteiger partial charge in [-0.1, -0.05) is 84.9 Å². The molecule has 0 saturated carbocycles. The summed E-state index contributed by atoms with van der Waals surface area (Å²) in [6.07, 6.45) is 0. The van der Waals surface area contributed by atoms with Crippen molar-refractivity contribution in [2.24, 2.45) is 0 Å². The molecule has 0 radical (unpaired) electrons. The van der Waals surface area contributed by atoms with Gasteiger partial charge in [-0.15, -0.1) is 0 Å². The highest BCUT2D eigenvalue weighted by atomic mass is 15.0. The number of hydrogen-bond donors (Lipinski definition) is 1. The number of hydrogen-bond acceptors (Lipinski definition) is 0. The van der Waals surface area contributed by atoms with Gasteiger partial charge in [0.1, 0.15) is 0 Å². The predicted octanol–water partition coefficient (Wildman–Crippen LogP) is 8.09. The lowest BCUT2D eigenvalue weighted by Crippen LogP contribution is -1.96. The van der Waals surface area contributed by atoms with Crippen LogP contribution in [0.5, 0.6) is 0 Å². The maximum Gasteiger partial charge on any atom is 0.0549 e. The zero-order chi connectivity index (χ0) is 21.1. The maximum atomic E-state index is 3.61. The Labute approximate surface area is 185 Å². The zero-order valence-corrected chi connectivity index (χ0v) is 17.4. The average Bonchev–Trinajstić information content (AvgIpc) is 3.38. The van der Waals surface area contributed by atoms with Crippen LogP contribution in [0.1, 0.15) is 0 Å². The van der Waals surface area contributed by atoms with Crippen molar-refractivity contribution in [3.8, 4) is 16.8 Å². The van der Waals surface area contributed by atoms with E-state index in [0.717, 1.165) is 0 Å². The highest BCUT2D eigenvalue weighted by Gasteiger charge is 2.17. The van der Waals surface area contributed by atoms with Crippen molar-refractivity contribution in [1.82, 2.24) is 9.55 Å². The summed E-state index contributed by atoms with van der Waals surface area (Å²) in [4.78, 5) is 3.61. The molecule has 5 aromatic carbocycles. The van der Waals surface area contributed by atoms with Crippen LogP contribution in [0.2, 0.25) is 0 Å². The van der Waals surface area contributed by atoms with Crippen molar-refractivity contribution in [3.63, 3.8) is 0 Å². The van der Waals surface area contributed by atoms with Gasteiger partial charge >= 0.3 is 0 Å². The zero-order valence-electron chi connectivity index (χ0n) is 17.4. The average molecular weight is 409 g/mol. The van der Waals surface area contributed by atoms with Crippen molar-refractivity contribution >= 4 is 43.6 Å². The molecule has 0 spiro atoms. The third kappa shape index (κ3) is 2.41. The second-order valence-corrected chi connectivity index (χ2v) is 8.32. The van der Waals surface area contributed by atoms with Crippen LogP contribution in [-0.2, 0) is 0 Å². The van der Waals surface area contributed by atoms with Gasteiger partial charge in [0, 0.05) is 38.1 Å². The molecular weight excluding hydrogens is 388 g/mol. The number of para-hydroxylation sites is 3. The molecule has 2 heterocycles. The Bertz CT molecular complexity index is 1770. The third-order valence-corrected chi connectivity index (χ3v) is 6.53. The highest BCUT2D eigenvalue weighted by Crippen LogP contribution is 2.39. The van der Waals surface area contributed by atoms with Gasteiger partial charge in [0.15, 0.2) is 0 Å². The van der Waals surface area contributed by atoms with Gasteiger partial charge < -0.3 is 9.55 Å². The second-order valence-electron chi connectivity index (χ2n) is 8.32. The summed E-state index contributed by atoms with van der Waals surface area (Å²) in [6.45, 7) is 0. The fourth-order valence-electron chi connectivity index (χ4n) is 5.10. The van der Waals surface area contributed by atoms with Crippen LogP contribution in [0.15, 0.2) is 115 Å². The topological polar surface area (TPSA) is 20.7 Å². The number of nitrogens with zero attached hydrogens (tertiary/aromatic N) is 1. The van der Waals surface area contributed by atoms with Crippen molar-refractivity contribution in [1.29, 1.82) is 0 Å². The van der Waals surface area contributed by atoms with Crippen LogP contribution in [0, 0.1) is 0 Å². The SMILES string of the molecule is c1ccc(-c2ccccc2-n2c3ccccc3c3cc4[nH]c5ccccc5c4cc32)cc1. The fraction of sp³-hybridized carbons (Fsp3) is 0. The van der Waals surface area contributed by atoms with Gasteiger partial charge in [-0.25, -0.2) is 0 Å². The lowest BCUT2D eigenvalue weighted by Gasteiger charge is -2.14. The molecule has 1 N–H and O–H groups in total. The molecule has 2 heteroatoms. The van der Waals surface area contributed by atoms with Crippen molar-refractivity contribution in [2.75, 3.05) is 0 Å². The van der Waals surface area contributed by atoms with Gasteiger partial charge in [0.25, 0.3) is 0 Å². The van der Waals surface area contributed by atoms with E-state index in [9.17, 15) is 0 Å². The number of H-pyrrole nitrogens is 1. The number of rotatable bonds is 2. The number of aromatic amines is 1. The van der Waals surface area contributed by atoms with E-state index in [1.165, 1.54) is 60.4 Å². The molecule has 0 aliphatic rings. The van der Waals surface area contributed by atoms with Crippen LogP contribution < -0.4 is 0 Å². The van der Waals surface area contributed by atoms with Crippen molar-refractivity contribution in [2.45, 2.75) is 0 Å². The van der Waals surface area contributed by atoms with Crippen LogP contribution in [-0.4, -0.2) is 9.55 Å². The molecular formula is C30H20N2. The summed E-state index contributed by atoms with van der Waals surface area (Å²) in [7, 11) is 0. The first kappa shape index (κ1) is 17.4. The minimum atomic E-state index is 1.18. The standard InChI is InChI=1S/C30H20N2/c1-2-10-20(11-3-1)21-12-5-8-16-28(21)32-29-17-9-6-14-23(29)25-18-27-24(19-30(25)32)22-13-4-7-15-26(22)31-27/h1-19,31H. The minimum Gasteiger partial charge on any atom is -0.354 e. The van der Waals surface area contributed by atoms with E-state index >= 15 is 0 Å². The molecule has 0 aliphatic carbocycles. The number of nitrogens with one attached hydrogen (secondary N) is 1. The Balaban J connectivity index is 1.65. The summed E-state index contributed by atoms with van der Waals surface area (Å²) in [5.74, 6) is 0. The van der Waals surface area contributed by atoms with E-state index < -0.39 is 0 Å². The normalized spacial score (nSPS) is 11.8. The first-order chi connectivity index (χ1) is 15.9. The van der Waals surface area contributed by atoms with Crippen molar-refractivity contribution in [3.05, 3.63) is 115 Å². The van der Waals surface area contributed by atoms with Crippen molar-refractivity contribution < 1.29 is 0 Å². The predicted molar refractivity (Wildman–Crippen MR) is 136 cm³/mol. The number of aromatic nitrogens is 2. The van der Waals surface area contributed by atoms with Gasteiger partial charge in [0.2, 0.25) is 0 Å². The molecule has 0 bridgehead atoms. The molecule has 0 atom stereocenters. The molecule has 2 aromatic heterocycles. The smallest absolute Gasteiger partial charge is 0.0549 e. The lowest BCUT2D eigenvalue weighted by atomic mass is 10.0. The highest BCUT2D eigenvalue weighted by molar-refractivity contribution is 6.18. The molecule has 7 aromatic rings. The molecule has 2 nitrogen and oxygen atoms in total. The minimum absolute atomic E-state index is 1.18. The molecule has 32 heavy (non-hydrogen) atoms. The molecule has 7 rings (SSSR count). The molecule has 0 aliphatic heterocycles. The van der Waals surface area contributed by atoms with Gasteiger partial charge in [-0.2, -0.15) is 0 Å². The molecule has 0 amide bonds. The first-order valence-electron chi connectivity index (χ1n) is 11.0. The number of fused-ring (bicyclic) bond motifs is 6. The number of benzene rings is 5. The monoisotopic (exact) mass is 408 g/mol. The summed E-state index contributed by atoms with van der Waals surface area (Å²) < 4.78 is 2.42. The van der Waals surface area contributed by atoms with Crippen LogP contribution in [0.3, 0.4) is 0 Å². The lowest BCUT2D eigenvalue weighted by molar-refractivity contribution is 1.18. The quantitative estimate of drug-likeness (QED) is 0.298. The van der Waals surface area contributed by atoms with Crippen LogP contribution in [0.4, 0.5) is 0 Å². The third-order valence-electron chi connectivity index (χ3n) is 6.53. The summed E-state index contributed by atoms with van der Waals surface area (Å²) in [6, 6.07) is 41.3. The van der Waals surface area contributed by atoms with Crippen LogP contribution >= 0.6 is 0 Å². The Morgan fingerprint density at radius 3 is 2.09 bits per heavy atom. The van der Waals surface area contributed by atoms with Crippen LogP contribution in [0.25, 0.3) is 60.4 Å². The molecule has 0 fully saturated rings. The van der Waals surface area contributed by atoms with E-state index in [2.05, 4.69) is 125 Å². The maximum absolute atomic E-state index is 3.61. The molecule has 0 unspecified atom stereocenters. The second kappa shape index (κ2) is 6.60. The van der Waals surface area contributed by atoms with Gasteiger partial charge in [-0.3, -0.25) is 0 Å². The van der Waals surface area contributed by atoms with E-state index in [-0.39, 0.29) is 0 Å². The Morgan fingerprint density at radius 2 is 1.19 bits per heavy atom. The first-order valence-corrected chi connectivity index (χ1v) is 11.0. The Kier molecular flexibility index (Phi) is 3.58. The van der Waals surface area contributed by atoms with Gasteiger partial charge in [-0.05, 0) is 35.9 Å². The Hall–Kier alpha value is -4.30. The van der Waals surface area contributed by atoms with E-state index in [1.54, 1.807) is 0 Å². The fourth-order valence-corrected chi connectivity index (χ4v) is 5.10. The summed E-state index contributed by atoms with van der Waals surface area (Å²) in [5.41, 5.74) is 8.46. The summed E-state index contributed by atoms with van der Waals surface area (Å²) >= 11 is 0.